The van der Waals surface area contributed by atoms with Crippen LogP contribution in [0.15, 0.2) is 42.7 Å². The van der Waals surface area contributed by atoms with Gasteiger partial charge in [-0.1, -0.05) is 45.7 Å². The van der Waals surface area contributed by atoms with E-state index in [4.69, 9.17) is 33.7 Å². The summed E-state index contributed by atoms with van der Waals surface area (Å²) in [5, 5.41) is 17.7. The maximum atomic E-state index is 14.9. The summed E-state index contributed by atoms with van der Waals surface area (Å²) in [5.41, 5.74) is 3.42. The molecule has 4 fully saturated rings. The maximum Gasteiger partial charge on any atom is 0.459 e. The third-order valence-electron chi connectivity index (χ3n) is 11.0. The molecule has 3 aromatic rings. The second kappa shape index (κ2) is 13.3. The third kappa shape index (κ3) is 6.51. The summed E-state index contributed by atoms with van der Waals surface area (Å²) < 4.78 is 52.2. The highest BCUT2D eigenvalue weighted by Crippen LogP contribution is 2.66. The Balaban J connectivity index is 1.20. The highest BCUT2D eigenvalue weighted by Gasteiger charge is 2.88. The Morgan fingerprint density at radius 3 is 2.37 bits per heavy atom. The average molecular weight is 765 g/mol. The van der Waals surface area contributed by atoms with Crippen molar-refractivity contribution in [2.75, 3.05) is 5.73 Å². The molecule has 1 aliphatic heterocycles. The van der Waals surface area contributed by atoms with Crippen LogP contribution in [0.3, 0.4) is 0 Å². The number of hydrogen-bond donors (Lipinski definition) is 2. The fourth-order valence-electron chi connectivity index (χ4n) is 8.28. The molecule has 7 rings (SSSR count). The van der Waals surface area contributed by atoms with Crippen molar-refractivity contribution in [2.45, 2.75) is 127 Å². The number of nitriles is 1. The van der Waals surface area contributed by atoms with Crippen molar-refractivity contribution in [1.29, 1.82) is 5.26 Å². The van der Waals surface area contributed by atoms with E-state index in [1.54, 1.807) is 18.2 Å². The first-order chi connectivity index (χ1) is 25.4. The van der Waals surface area contributed by atoms with E-state index in [0.717, 1.165) is 45.1 Å². The normalized spacial score (nSPS) is 28.6. The van der Waals surface area contributed by atoms with Crippen LogP contribution in [0.5, 0.6) is 5.75 Å². The smallest absolute Gasteiger partial charge is 0.459 e. The Morgan fingerprint density at radius 2 is 1.76 bits per heavy atom. The summed E-state index contributed by atoms with van der Waals surface area (Å²) in [5.74, 6) is -2.05. The molecule has 1 saturated heterocycles. The van der Waals surface area contributed by atoms with Crippen LogP contribution in [0.4, 0.5) is 5.82 Å². The zero-order valence-corrected chi connectivity index (χ0v) is 32.0. The predicted molar refractivity (Wildman–Crippen MR) is 190 cm³/mol. The molecule has 288 valence electrons. The molecule has 0 amide bonds. The molecule has 2 aromatic heterocycles. The second-order valence-corrected chi connectivity index (χ2v) is 17.5. The molecule has 4 aliphatic rings. The Morgan fingerprint density at radius 1 is 1.07 bits per heavy atom. The molecule has 1 aromatic carbocycles. The van der Waals surface area contributed by atoms with E-state index in [2.05, 4.69) is 21.2 Å². The summed E-state index contributed by atoms with van der Waals surface area (Å²) in [4.78, 5) is 42.8. The molecule has 1 spiro atoms. The predicted octanol–water partition coefficient (Wildman–Crippen LogP) is 4.79. The Labute approximate surface area is 312 Å². The van der Waals surface area contributed by atoms with Crippen molar-refractivity contribution in [3.63, 3.8) is 0 Å². The van der Waals surface area contributed by atoms with Crippen molar-refractivity contribution in [2.24, 2.45) is 5.41 Å². The van der Waals surface area contributed by atoms with E-state index in [0.29, 0.717) is 5.52 Å². The minimum atomic E-state index is -4.61. The monoisotopic (exact) mass is 764 g/mol. The number of benzene rings is 1. The van der Waals surface area contributed by atoms with Gasteiger partial charge in [-0.05, 0) is 73.3 Å². The number of nitrogens with one attached hydrogen (secondary N) is 1. The molecule has 7 atom stereocenters. The molecule has 7 unspecified atom stereocenters. The molecular weight excluding hydrogens is 719 g/mol. The molecule has 0 bridgehead atoms. The number of carbonyl (C=O) groups excluding carboxylic acids is 3. The minimum absolute atomic E-state index is 0.0982. The largest absolute Gasteiger partial charge is 0.461 e. The number of hydrogen-bond acceptors (Lipinski definition) is 14. The second-order valence-electron chi connectivity index (χ2n) is 15.9. The van der Waals surface area contributed by atoms with Gasteiger partial charge in [-0.2, -0.15) is 15.4 Å². The molecule has 3 N–H and O–H groups in total. The summed E-state index contributed by atoms with van der Waals surface area (Å²) >= 11 is 0. The zero-order chi connectivity index (χ0) is 38.8. The number of ether oxygens (including phenoxy) is 4. The minimum Gasteiger partial charge on any atom is -0.461 e. The van der Waals surface area contributed by atoms with Crippen molar-refractivity contribution in [3.05, 3.63) is 54.0 Å². The highest BCUT2D eigenvalue weighted by molar-refractivity contribution is 7.52. The summed E-state index contributed by atoms with van der Waals surface area (Å²) in [6.07, 6.45) is 2.72. The van der Waals surface area contributed by atoms with Gasteiger partial charge in [-0.3, -0.25) is 18.9 Å². The van der Waals surface area contributed by atoms with Crippen molar-refractivity contribution < 1.29 is 46.9 Å². The van der Waals surface area contributed by atoms with Crippen LogP contribution in [-0.4, -0.2) is 68.6 Å². The van der Waals surface area contributed by atoms with Gasteiger partial charge in [0.1, 0.15) is 48.0 Å². The number of rotatable bonds is 11. The van der Waals surface area contributed by atoms with Gasteiger partial charge in [0.2, 0.25) is 11.2 Å². The molecular formula is C37H45N6O10P. The van der Waals surface area contributed by atoms with Gasteiger partial charge in [-0.15, -0.1) is 0 Å². The van der Waals surface area contributed by atoms with E-state index >= 15 is 0 Å². The number of nitrogens with two attached hydrogens (primary N) is 1. The van der Waals surface area contributed by atoms with Crippen molar-refractivity contribution in [3.8, 4) is 11.8 Å². The lowest BCUT2D eigenvalue weighted by Crippen LogP contribution is -2.51. The molecule has 3 heterocycles. The number of carbonyl (C=O) groups is 3. The SMILES string of the molecule is CC(=O)OC1C(C#N)(c2ccc3c(N)ncnn23)OC2C(OP(=O)(NC(C)C(=O)OC3CC4(CCCC4)C3)Oc3ccc(C(C)(C)C)cc3)C21OC(C)=O. The molecule has 3 saturated carbocycles. The van der Waals surface area contributed by atoms with Gasteiger partial charge in [-0.25, -0.2) is 14.1 Å². The number of aromatic nitrogens is 3. The fourth-order valence-corrected chi connectivity index (χ4v) is 9.99. The number of nitrogens with zero attached hydrogens (tertiary/aromatic N) is 4. The first-order valence-corrected chi connectivity index (χ1v) is 19.6. The van der Waals surface area contributed by atoms with E-state index in [9.17, 15) is 24.2 Å². The van der Waals surface area contributed by atoms with Crippen molar-refractivity contribution >= 4 is 37.0 Å². The topological polar surface area (TPSA) is 216 Å². The molecule has 3 aliphatic carbocycles. The van der Waals surface area contributed by atoms with Gasteiger partial charge in [0.25, 0.3) is 0 Å². The Hall–Kier alpha value is -4.55. The average Bonchev–Trinajstić information content (AvgIpc) is 3.54. The Kier molecular flexibility index (Phi) is 9.32. The van der Waals surface area contributed by atoms with Gasteiger partial charge in [0, 0.05) is 13.8 Å². The molecule has 0 radical (unpaired) electrons. The number of fused-ring (bicyclic) bond motifs is 2. The van der Waals surface area contributed by atoms with E-state index in [1.165, 1.54) is 36.7 Å². The van der Waals surface area contributed by atoms with Crippen molar-refractivity contribution in [1.82, 2.24) is 19.7 Å². The molecule has 17 heteroatoms. The number of anilines is 1. The lowest BCUT2D eigenvalue weighted by molar-refractivity contribution is -0.181. The molecule has 54 heavy (non-hydrogen) atoms. The number of nitrogen functional groups attached to an aromatic ring is 1. The van der Waals surface area contributed by atoms with Crippen LogP contribution in [0, 0.1) is 16.7 Å². The maximum absolute atomic E-state index is 14.9. The van der Waals surface area contributed by atoms with Gasteiger partial charge >= 0.3 is 25.7 Å². The highest BCUT2D eigenvalue weighted by atomic mass is 31.2. The summed E-state index contributed by atoms with van der Waals surface area (Å²) in [7, 11) is -4.61. The van der Waals surface area contributed by atoms with Crippen LogP contribution in [0.25, 0.3) is 5.52 Å². The van der Waals surface area contributed by atoms with Gasteiger partial charge in [0.05, 0.1) is 5.69 Å². The summed E-state index contributed by atoms with van der Waals surface area (Å²) in [6.45, 7) is 9.85. The fraction of sp³-hybridized carbons (Fsp3) is 0.568. The van der Waals surface area contributed by atoms with Gasteiger partial charge in [0.15, 0.2) is 11.9 Å². The van der Waals surface area contributed by atoms with E-state index < -0.39 is 61.2 Å². The quantitative estimate of drug-likeness (QED) is 0.152. The van der Waals surface area contributed by atoms with Crippen LogP contribution in [-0.2, 0) is 53.4 Å². The van der Waals surface area contributed by atoms with Crippen LogP contribution in [0.1, 0.15) is 91.3 Å². The summed E-state index contributed by atoms with van der Waals surface area (Å²) in [6, 6.07) is 10.9. The van der Waals surface area contributed by atoms with Crippen LogP contribution >= 0.6 is 7.75 Å². The standard InChI is InChI=1S/C37H45N6O10P/c1-21(32(46)49-26-17-35(18-26)15-7-8-16-35)42-54(47,52-25-11-9-24(10-12-25)34(4,5)6)53-30-29-37(30,50-23(3)45)33(48-22(2)44)36(19-38,51-29)28-14-13-27-31(39)40-20-41-43(27)28/h9-14,20-21,26,29-30,33H,7-8,15-18H2,1-6H3,(H,42,47)(H2,39,40,41). The Bertz CT molecular complexity index is 2060. The van der Waals surface area contributed by atoms with Crippen LogP contribution in [0.2, 0.25) is 0 Å². The lowest BCUT2D eigenvalue weighted by Gasteiger charge is -2.44. The van der Waals surface area contributed by atoms with Crippen LogP contribution < -0.4 is 15.3 Å². The first kappa shape index (κ1) is 37.8. The van der Waals surface area contributed by atoms with E-state index in [-0.39, 0.29) is 34.2 Å². The zero-order valence-electron chi connectivity index (χ0n) is 31.1. The number of esters is 3. The first-order valence-electron chi connectivity index (χ1n) is 18.1. The molecule has 16 nitrogen and oxygen atoms in total. The van der Waals surface area contributed by atoms with Gasteiger partial charge < -0.3 is 29.2 Å². The van der Waals surface area contributed by atoms with E-state index in [1.807, 2.05) is 32.9 Å². The third-order valence-corrected chi connectivity index (χ3v) is 12.6. The lowest BCUT2D eigenvalue weighted by atomic mass is 9.65.